The molecule has 0 atom stereocenters. The van der Waals surface area contributed by atoms with Crippen molar-refractivity contribution in [1.82, 2.24) is 4.90 Å². The fraction of sp³-hybridized carbons (Fsp3) is 0.455. The first-order chi connectivity index (χ1) is 8.69. The number of hydrogen-bond donors (Lipinski definition) is 2. The van der Waals surface area contributed by atoms with Crippen molar-refractivity contribution >= 4 is 23.1 Å². The summed E-state index contributed by atoms with van der Waals surface area (Å²) in [4.78, 5) is 14.5. The van der Waals surface area contributed by atoms with Crippen LogP contribution in [0.4, 0.5) is 0 Å². The maximum absolute atomic E-state index is 12.2. The monoisotopic (exact) mass is 271 g/mol. The van der Waals surface area contributed by atoms with Crippen LogP contribution in [-0.4, -0.2) is 48.7 Å². The van der Waals surface area contributed by atoms with E-state index in [2.05, 4.69) is 5.16 Å². The molecule has 1 aromatic rings. The van der Waals surface area contributed by atoms with Gasteiger partial charge in [0.25, 0.3) is 5.91 Å². The molecule has 1 heterocycles. The molecule has 18 heavy (non-hydrogen) atoms. The summed E-state index contributed by atoms with van der Waals surface area (Å²) in [5.41, 5.74) is 5.40. The first kappa shape index (κ1) is 14.5. The number of amidine groups is 1. The number of rotatable bonds is 7. The topological polar surface area (TPSA) is 88.2 Å². The lowest BCUT2D eigenvalue weighted by Crippen LogP contribution is -2.36. The summed E-state index contributed by atoms with van der Waals surface area (Å²) in [5, 5.41) is 13.2. The standard InChI is InChI=1S/C11H17N3O3S/c1-17-7-6-14(5-4-10(12)13-16)11(15)9-3-2-8-18-9/h2-3,8,16H,4-7H2,1H3,(H2,12,13). The number of amides is 1. The molecule has 0 aromatic carbocycles. The Balaban J connectivity index is 2.62. The molecule has 0 fully saturated rings. The Morgan fingerprint density at radius 1 is 1.61 bits per heavy atom. The van der Waals surface area contributed by atoms with E-state index in [0.717, 1.165) is 0 Å². The molecule has 3 N–H and O–H groups in total. The Kier molecular flexibility index (Phi) is 6.16. The minimum absolute atomic E-state index is 0.0622. The highest BCUT2D eigenvalue weighted by Crippen LogP contribution is 2.12. The highest BCUT2D eigenvalue weighted by atomic mass is 32.1. The van der Waals surface area contributed by atoms with E-state index in [1.807, 2.05) is 11.4 Å². The first-order valence-electron chi connectivity index (χ1n) is 5.47. The fourth-order valence-electron chi connectivity index (χ4n) is 1.37. The van der Waals surface area contributed by atoms with Gasteiger partial charge in [-0.15, -0.1) is 11.3 Å². The molecule has 0 aliphatic rings. The van der Waals surface area contributed by atoms with Gasteiger partial charge >= 0.3 is 0 Å². The van der Waals surface area contributed by atoms with Gasteiger partial charge in [0.05, 0.1) is 11.5 Å². The van der Waals surface area contributed by atoms with E-state index in [1.165, 1.54) is 11.3 Å². The van der Waals surface area contributed by atoms with Crippen molar-refractivity contribution in [3.05, 3.63) is 22.4 Å². The number of carbonyl (C=O) groups excluding carboxylic acids is 1. The summed E-state index contributed by atoms with van der Waals surface area (Å²) in [7, 11) is 1.58. The zero-order chi connectivity index (χ0) is 13.4. The highest BCUT2D eigenvalue weighted by Gasteiger charge is 2.16. The van der Waals surface area contributed by atoms with Gasteiger partial charge in [-0.3, -0.25) is 4.79 Å². The molecular weight excluding hydrogens is 254 g/mol. The Morgan fingerprint density at radius 2 is 2.39 bits per heavy atom. The average molecular weight is 271 g/mol. The molecule has 0 aliphatic heterocycles. The van der Waals surface area contributed by atoms with Crippen molar-refractivity contribution in [2.45, 2.75) is 6.42 Å². The third kappa shape index (κ3) is 4.34. The van der Waals surface area contributed by atoms with E-state index in [1.54, 1.807) is 18.1 Å². The summed E-state index contributed by atoms with van der Waals surface area (Å²) in [6, 6.07) is 3.60. The lowest BCUT2D eigenvalue weighted by atomic mass is 10.3. The minimum Gasteiger partial charge on any atom is -0.409 e. The van der Waals surface area contributed by atoms with Gasteiger partial charge in [0.15, 0.2) is 0 Å². The SMILES string of the molecule is COCCN(CCC(N)=NO)C(=O)c1cccs1. The lowest BCUT2D eigenvalue weighted by molar-refractivity contribution is 0.0705. The minimum atomic E-state index is -0.0622. The number of oxime groups is 1. The van der Waals surface area contributed by atoms with E-state index in [-0.39, 0.29) is 11.7 Å². The second-order valence-corrected chi connectivity index (χ2v) is 4.55. The Morgan fingerprint density at radius 3 is 2.94 bits per heavy atom. The van der Waals surface area contributed by atoms with Gasteiger partial charge in [-0.05, 0) is 11.4 Å². The van der Waals surface area contributed by atoms with Crippen LogP contribution in [0, 0.1) is 0 Å². The first-order valence-corrected chi connectivity index (χ1v) is 6.35. The summed E-state index contributed by atoms with van der Waals surface area (Å²) < 4.78 is 4.97. The van der Waals surface area contributed by atoms with Gasteiger partial charge in [0.1, 0.15) is 5.84 Å². The molecule has 100 valence electrons. The van der Waals surface area contributed by atoms with E-state index in [0.29, 0.717) is 31.0 Å². The van der Waals surface area contributed by atoms with E-state index in [4.69, 9.17) is 15.7 Å². The van der Waals surface area contributed by atoms with E-state index < -0.39 is 0 Å². The fourth-order valence-corrected chi connectivity index (χ4v) is 2.06. The molecule has 6 nitrogen and oxygen atoms in total. The molecule has 0 unspecified atom stereocenters. The normalized spacial score (nSPS) is 11.5. The molecule has 0 saturated carbocycles. The van der Waals surface area contributed by atoms with Crippen LogP contribution in [0.3, 0.4) is 0 Å². The van der Waals surface area contributed by atoms with Crippen molar-refractivity contribution < 1.29 is 14.7 Å². The zero-order valence-corrected chi connectivity index (χ0v) is 11.0. The molecule has 7 heteroatoms. The van der Waals surface area contributed by atoms with Crippen LogP contribution in [0.1, 0.15) is 16.1 Å². The van der Waals surface area contributed by atoms with Gasteiger partial charge < -0.3 is 20.6 Å². The lowest BCUT2D eigenvalue weighted by Gasteiger charge is -2.21. The number of methoxy groups -OCH3 is 1. The molecule has 0 radical (unpaired) electrons. The van der Waals surface area contributed by atoms with E-state index >= 15 is 0 Å². The quantitative estimate of drug-likeness (QED) is 0.335. The molecule has 1 amide bonds. The smallest absolute Gasteiger partial charge is 0.264 e. The Labute approximate surface area is 110 Å². The number of nitrogens with zero attached hydrogens (tertiary/aromatic N) is 2. The Hall–Kier alpha value is -1.60. The van der Waals surface area contributed by atoms with Crippen LogP contribution in [0.2, 0.25) is 0 Å². The van der Waals surface area contributed by atoms with Crippen LogP contribution in [0.5, 0.6) is 0 Å². The van der Waals surface area contributed by atoms with Crippen molar-refractivity contribution in [2.24, 2.45) is 10.9 Å². The molecule has 0 saturated heterocycles. The molecular formula is C11H17N3O3S. The van der Waals surface area contributed by atoms with Crippen LogP contribution in [0.25, 0.3) is 0 Å². The zero-order valence-electron chi connectivity index (χ0n) is 10.2. The summed E-state index contributed by atoms with van der Waals surface area (Å²) in [5.74, 6) is 0.0455. The van der Waals surface area contributed by atoms with Gasteiger partial charge in [-0.1, -0.05) is 11.2 Å². The summed E-state index contributed by atoms with van der Waals surface area (Å²) in [6.45, 7) is 1.33. The molecule has 0 spiro atoms. The third-order valence-corrected chi connectivity index (χ3v) is 3.21. The van der Waals surface area contributed by atoms with Gasteiger partial charge in [0, 0.05) is 26.6 Å². The average Bonchev–Trinajstić information content (AvgIpc) is 2.91. The number of hydrogen-bond acceptors (Lipinski definition) is 5. The second-order valence-electron chi connectivity index (χ2n) is 3.60. The van der Waals surface area contributed by atoms with Crippen LogP contribution in [0.15, 0.2) is 22.7 Å². The molecule has 1 aromatic heterocycles. The van der Waals surface area contributed by atoms with Crippen molar-refractivity contribution in [3.8, 4) is 0 Å². The molecule has 1 rings (SSSR count). The largest absolute Gasteiger partial charge is 0.409 e. The van der Waals surface area contributed by atoms with Crippen LogP contribution in [-0.2, 0) is 4.74 Å². The van der Waals surface area contributed by atoms with Crippen LogP contribution < -0.4 is 5.73 Å². The molecule has 0 aliphatic carbocycles. The third-order valence-electron chi connectivity index (χ3n) is 2.35. The van der Waals surface area contributed by atoms with Gasteiger partial charge in [-0.2, -0.15) is 0 Å². The number of ether oxygens (including phenoxy) is 1. The number of thiophene rings is 1. The summed E-state index contributed by atoms with van der Waals surface area (Å²) >= 11 is 1.39. The maximum Gasteiger partial charge on any atom is 0.264 e. The predicted molar refractivity (Wildman–Crippen MR) is 70.1 cm³/mol. The Bertz CT molecular complexity index is 392. The second kappa shape index (κ2) is 7.67. The van der Waals surface area contributed by atoms with Crippen molar-refractivity contribution in [2.75, 3.05) is 26.8 Å². The molecule has 0 bridgehead atoms. The van der Waals surface area contributed by atoms with Gasteiger partial charge in [0.2, 0.25) is 0 Å². The highest BCUT2D eigenvalue weighted by molar-refractivity contribution is 7.12. The van der Waals surface area contributed by atoms with E-state index in [9.17, 15) is 4.79 Å². The predicted octanol–water partition coefficient (Wildman–Crippen LogP) is 0.973. The van der Waals surface area contributed by atoms with Crippen molar-refractivity contribution in [1.29, 1.82) is 0 Å². The maximum atomic E-state index is 12.2. The van der Waals surface area contributed by atoms with Gasteiger partial charge in [-0.25, -0.2) is 0 Å². The number of carbonyl (C=O) groups is 1. The summed E-state index contributed by atoms with van der Waals surface area (Å²) in [6.07, 6.45) is 0.331. The number of nitrogens with two attached hydrogens (primary N) is 1. The van der Waals surface area contributed by atoms with Crippen LogP contribution >= 0.6 is 11.3 Å². The van der Waals surface area contributed by atoms with Crippen molar-refractivity contribution in [3.63, 3.8) is 0 Å².